The zero-order valence-corrected chi connectivity index (χ0v) is 17.7. The van der Waals surface area contributed by atoms with E-state index in [4.69, 9.17) is 5.73 Å². The van der Waals surface area contributed by atoms with Gasteiger partial charge < -0.3 is 5.73 Å². The predicted octanol–water partition coefficient (Wildman–Crippen LogP) is 6.01. The monoisotopic (exact) mass is 487 g/mol. The summed E-state index contributed by atoms with van der Waals surface area (Å²) in [6, 6.07) is 12.5. The van der Waals surface area contributed by atoms with Gasteiger partial charge in [0.15, 0.2) is 11.6 Å². The maximum atomic E-state index is 13.1. The highest BCUT2D eigenvalue weighted by Gasteiger charge is 2.37. The normalized spacial score (nSPS) is 11.8. The summed E-state index contributed by atoms with van der Waals surface area (Å²) in [7, 11) is 0. The van der Waals surface area contributed by atoms with Crippen molar-refractivity contribution in [3.05, 3.63) is 94.0 Å². The molecule has 0 aliphatic heterocycles. The van der Waals surface area contributed by atoms with Gasteiger partial charge in [0.25, 0.3) is 0 Å². The molecule has 35 heavy (non-hydrogen) atoms. The van der Waals surface area contributed by atoms with Crippen LogP contribution < -0.4 is 5.73 Å². The van der Waals surface area contributed by atoms with Crippen LogP contribution in [0, 0.1) is 11.8 Å². The van der Waals surface area contributed by atoms with Crippen molar-refractivity contribution in [2.45, 2.75) is 18.8 Å². The van der Waals surface area contributed by atoms with Gasteiger partial charge in [-0.1, -0.05) is 30.0 Å². The molecule has 4 nitrogen and oxygen atoms in total. The molecule has 3 aromatic carbocycles. The number of aromatic amines is 1. The van der Waals surface area contributed by atoms with E-state index in [0.717, 1.165) is 0 Å². The molecule has 4 aromatic rings. The average molecular weight is 487 g/mol. The Balaban J connectivity index is 1.62. The van der Waals surface area contributed by atoms with Crippen LogP contribution in [0.4, 0.5) is 32.2 Å². The number of carbonyl (C=O) groups is 1. The molecule has 0 spiro atoms. The van der Waals surface area contributed by atoms with E-state index in [2.05, 4.69) is 22.0 Å². The van der Waals surface area contributed by atoms with Crippen molar-refractivity contribution < 1.29 is 31.1 Å². The number of anilines is 1. The highest BCUT2D eigenvalue weighted by Crippen LogP contribution is 2.36. The van der Waals surface area contributed by atoms with Gasteiger partial charge in [-0.15, -0.1) is 0 Å². The van der Waals surface area contributed by atoms with Gasteiger partial charge in [0.05, 0.1) is 22.0 Å². The molecule has 0 amide bonds. The summed E-state index contributed by atoms with van der Waals surface area (Å²) in [5.74, 6) is 5.29. The summed E-state index contributed by atoms with van der Waals surface area (Å²) in [4.78, 5) is 12.6. The van der Waals surface area contributed by atoms with Crippen molar-refractivity contribution in [1.29, 1.82) is 0 Å². The quantitative estimate of drug-likeness (QED) is 0.211. The minimum Gasteiger partial charge on any atom is -0.382 e. The van der Waals surface area contributed by atoms with Crippen LogP contribution in [-0.4, -0.2) is 16.0 Å². The Morgan fingerprint density at radius 1 is 0.886 bits per heavy atom. The number of nitrogens with two attached hydrogens (primary N) is 1. The summed E-state index contributed by atoms with van der Waals surface area (Å²) in [6.07, 6.45) is -10.5. The fraction of sp³-hybridized carbons (Fsp3) is 0.120. The Labute approximate surface area is 194 Å². The third kappa shape index (κ3) is 5.30. The number of fused-ring (bicyclic) bond motifs is 1. The number of alkyl halides is 6. The molecule has 10 heteroatoms. The molecule has 3 N–H and O–H groups in total. The van der Waals surface area contributed by atoms with Crippen LogP contribution in [0.5, 0.6) is 0 Å². The van der Waals surface area contributed by atoms with Gasteiger partial charge in [0, 0.05) is 23.1 Å². The average Bonchev–Trinajstić information content (AvgIpc) is 3.18. The lowest BCUT2D eigenvalue weighted by atomic mass is 9.97. The number of halogens is 6. The first kappa shape index (κ1) is 23.9. The second kappa shape index (κ2) is 8.83. The van der Waals surface area contributed by atoms with Crippen LogP contribution >= 0.6 is 0 Å². The smallest absolute Gasteiger partial charge is 0.382 e. The summed E-state index contributed by atoms with van der Waals surface area (Å²) in [6.45, 7) is 0. The fourth-order valence-electron chi connectivity index (χ4n) is 3.50. The van der Waals surface area contributed by atoms with Crippen LogP contribution in [-0.2, 0) is 18.8 Å². The molecule has 0 aliphatic rings. The standard InChI is InChI=1S/C25H15F6N3O/c26-24(27,28)18-11-17(12-19(13-18)25(29,30)31)21(35)10-15-4-1-3-14(9-15)7-8-16-5-2-6-20-22(16)23(32)34-33-20/h1-6,9,11-13H,10H2,(H3,32,33,34). The highest BCUT2D eigenvalue weighted by atomic mass is 19.4. The molecule has 0 unspecified atom stereocenters. The molecule has 0 saturated carbocycles. The van der Waals surface area contributed by atoms with Gasteiger partial charge in [-0.25, -0.2) is 0 Å². The Bertz CT molecular complexity index is 1460. The molecule has 0 saturated heterocycles. The SMILES string of the molecule is Nc1n[nH]c2cccc(C#Cc3cccc(CC(=O)c4cc(C(F)(F)F)cc(C(F)(F)F)c4)c3)c12. The van der Waals surface area contributed by atoms with E-state index in [1.807, 2.05) is 0 Å². The molecule has 4 rings (SSSR count). The summed E-state index contributed by atoms with van der Waals surface area (Å²) < 4.78 is 78.6. The Kier molecular flexibility index (Phi) is 6.03. The number of hydrogen-bond acceptors (Lipinski definition) is 3. The van der Waals surface area contributed by atoms with Crippen LogP contribution in [0.3, 0.4) is 0 Å². The van der Waals surface area contributed by atoms with E-state index in [9.17, 15) is 31.1 Å². The van der Waals surface area contributed by atoms with E-state index in [-0.39, 0.29) is 11.9 Å². The third-order valence-electron chi connectivity index (χ3n) is 5.16. The van der Waals surface area contributed by atoms with E-state index in [1.165, 1.54) is 6.07 Å². The number of carbonyl (C=O) groups excluding carboxylic acids is 1. The molecule has 0 bridgehead atoms. The lowest BCUT2D eigenvalue weighted by molar-refractivity contribution is -0.143. The lowest BCUT2D eigenvalue weighted by Gasteiger charge is -2.14. The molecular weight excluding hydrogens is 472 g/mol. The van der Waals surface area contributed by atoms with Gasteiger partial charge in [-0.05, 0) is 48.0 Å². The van der Waals surface area contributed by atoms with E-state index >= 15 is 0 Å². The molecule has 0 atom stereocenters. The molecule has 0 fully saturated rings. The van der Waals surface area contributed by atoms with Crippen molar-refractivity contribution in [3.63, 3.8) is 0 Å². The predicted molar refractivity (Wildman–Crippen MR) is 117 cm³/mol. The van der Waals surface area contributed by atoms with Crippen molar-refractivity contribution in [1.82, 2.24) is 10.2 Å². The third-order valence-corrected chi connectivity index (χ3v) is 5.16. The number of hydrogen-bond donors (Lipinski definition) is 2. The fourth-order valence-corrected chi connectivity index (χ4v) is 3.50. The highest BCUT2D eigenvalue weighted by molar-refractivity contribution is 5.98. The lowest BCUT2D eigenvalue weighted by Crippen LogP contribution is -2.14. The van der Waals surface area contributed by atoms with E-state index in [1.54, 1.807) is 36.4 Å². The van der Waals surface area contributed by atoms with Crippen molar-refractivity contribution in [2.75, 3.05) is 5.73 Å². The van der Waals surface area contributed by atoms with Gasteiger partial charge in [0.1, 0.15) is 0 Å². The molecular formula is C25H15F6N3O. The summed E-state index contributed by atoms with van der Waals surface area (Å²) in [5.41, 5.74) is 4.30. The first-order chi connectivity index (χ1) is 16.4. The zero-order chi connectivity index (χ0) is 25.4. The maximum absolute atomic E-state index is 13.1. The minimum atomic E-state index is -5.03. The topological polar surface area (TPSA) is 71.8 Å². The largest absolute Gasteiger partial charge is 0.416 e. The van der Waals surface area contributed by atoms with Crippen molar-refractivity contribution in [2.24, 2.45) is 0 Å². The van der Waals surface area contributed by atoms with Crippen LogP contribution in [0.2, 0.25) is 0 Å². The summed E-state index contributed by atoms with van der Waals surface area (Å²) in [5, 5.41) is 7.36. The number of ketones is 1. The number of benzene rings is 3. The first-order valence-corrected chi connectivity index (χ1v) is 10.1. The van der Waals surface area contributed by atoms with Crippen LogP contribution in [0.1, 0.15) is 38.2 Å². The van der Waals surface area contributed by atoms with Gasteiger partial charge >= 0.3 is 12.4 Å². The molecule has 178 valence electrons. The Hall–Kier alpha value is -4.26. The number of aromatic nitrogens is 2. The van der Waals surface area contributed by atoms with Crippen molar-refractivity contribution >= 4 is 22.5 Å². The Morgan fingerprint density at radius 3 is 2.20 bits per heavy atom. The van der Waals surface area contributed by atoms with Gasteiger partial charge in [0.2, 0.25) is 0 Å². The number of nitrogen functional groups attached to an aromatic ring is 1. The number of rotatable bonds is 3. The first-order valence-electron chi connectivity index (χ1n) is 10.1. The molecule has 1 heterocycles. The molecule has 0 aliphatic carbocycles. The van der Waals surface area contributed by atoms with Gasteiger partial charge in [-0.3, -0.25) is 9.89 Å². The number of Topliss-reactive ketones (excluding diaryl/α,β-unsaturated/α-hetero) is 1. The zero-order valence-electron chi connectivity index (χ0n) is 17.7. The number of nitrogens with one attached hydrogen (secondary N) is 1. The second-order valence-electron chi connectivity index (χ2n) is 7.68. The van der Waals surface area contributed by atoms with Crippen LogP contribution in [0.15, 0.2) is 60.7 Å². The van der Waals surface area contributed by atoms with E-state index < -0.39 is 41.2 Å². The number of nitrogens with zero attached hydrogens (tertiary/aromatic N) is 1. The van der Waals surface area contributed by atoms with Gasteiger partial charge in [-0.2, -0.15) is 31.4 Å². The number of H-pyrrole nitrogens is 1. The second-order valence-corrected chi connectivity index (χ2v) is 7.68. The molecule has 0 radical (unpaired) electrons. The van der Waals surface area contributed by atoms with E-state index in [0.29, 0.717) is 39.7 Å². The Morgan fingerprint density at radius 2 is 1.54 bits per heavy atom. The molecule has 1 aromatic heterocycles. The maximum Gasteiger partial charge on any atom is 0.416 e. The summed E-state index contributed by atoms with van der Waals surface area (Å²) >= 11 is 0. The minimum absolute atomic E-state index is 0.0136. The van der Waals surface area contributed by atoms with Crippen LogP contribution in [0.25, 0.3) is 10.9 Å². The van der Waals surface area contributed by atoms with Crippen molar-refractivity contribution in [3.8, 4) is 11.8 Å².